The molecule has 144 valence electrons. The van der Waals surface area contributed by atoms with Gasteiger partial charge in [-0.05, 0) is 49.6 Å². The third kappa shape index (κ3) is 7.47. The number of aliphatic imine (C=N–C) groups is 1. The van der Waals surface area contributed by atoms with Crippen LogP contribution in [0, 0.1) is 18.3 Å². The molecule has 0 saturated heterocycles. The molecule has 0 bridgehead atoms. The molecular weight excluding hydrogens is 451 g/mol. The van der Waals surface area contributed by atoms with Crippen LogP contribution in [0.4, 0.5) is 0 Å². The lowest BCUT2D eigenvalue weighted by molar-refractivity contribution is 0.409. The molecular formula is C21H27IN4O. The third-order valence-corrected chi connectivity index (χ3v) is 3.97. The van der Waals surface area contributed by atoms with Crippen molar-refractivity contribution in [2.24, 2.45) is 4.99 Å². The van der Waals surface area contributed by atoms with Crippen molar-refractivity contribution in [3.05, 3.63) is 64.7 Å². The molecule has 0 saturated carbocycles. The Kier molecular flexibility index (Phi) is 10.3. The van der Waals surface area contributed by atoms with E-state index in [4.69, 9.17) is 10.00 Å². The third-order valence-electron chi connectivity index (χ3n) is 3.97. The summed E-state index contributed by atoms with van der Waals surface area (Å²) in [4.78, 5) is 4.61. The van der Waals surface area contributed by atoms with Crippen LogP contribution in [0.3, 0.4) is 0 Å². The van der Waals surface area contributed by atoms with Crippen LogP contribution >= 0.6 is 24.0 Å². The van der Waals surface area contributed by atoms with Crippen molar-refractivity contribution >= 4 is 29.9 Å². The van der Waals surface area contributed by atoms with E-state index >= 15 is 0 Å². The zero-order chi connectivity index (χ0) is 18.8. The molecule has 2 N–H and O–H groups in total. The molecule has 0 aliphatic carbocycles. The standard InChI is InChI=1S/C21H26N4O.HI/c1-4-23-21(25-15-18-8-6-17(14-22)7-9-18)24-12-11-19-13-16(2)5-10-20(19)26-3;/h5-10,13H,4,11-12,15H2,1-3H3,(H2,23,24,25);1H. The molecule has 2 aromatic carbocycles. The number of nitrogens with one attached hydrogen (secondary N) is 2. The molecule has 2 rings (SSSR count). The summed E-state index contributed by atoms with van der Waals surface area (Å²) < 4.78 is 5.43. The van der Waals surface area contributed by atoms with E-state index in [1.807, 2.05) is 37.3 Å². The number of hydrogen-bond donors (Lipinski definition) is 2. The molecule has 0 atom stereocenters. The lowest BCUT2D eigenvalue weighted by Gasteiger charge is -2.13. The number of ether oxygens (including phenoxy) is 1. The predicted octanol–water partition coefficient (Wildman–Crippen LogP) is 3.79. The first-order valence-corrected chi connectivity index (χ1v) is 8.81. The molecule has 0 heterocycles. The second-order valence-electron chi connectivity index (χ2n) is 6.00. The van der Waals surface area contributed by atoms with Crippen LogP contribution in [0.5, 0.6) is 5.75 Å². The second kappa shape index (κ2) is 12.2. The van der Waals surface area contributed by atoms with Gasteiger partial charge in [0.1, 0.15) is 5.75 Å². The molecule has 0 spiro atoms. The number of halogens is 1. The van der Waals surface area contributed by atoms with E-state index in [-0.39, 0.29) is 24.0 Å². The van der Waals surface area contributed by atoms with Crippen LogP contribution in [-0.2, 0) is 13.0 Å². The van der Waals surface area contributed by atoms with E-state index in [1.165, 1.54) is 11.1 Å². The Labute approximate surface area is 178 Å². The summed E-state index contributed by atoms with van der Waals surface area (Å²) in [6.07, 6.45) is 0.853. The molecule has 6 heteroatoms. The highest BCUT2D eigenvalue weighted by Crippen LogP contribution is 2.19. The number of aryl methyl sites for hydroxylation is 1. The van der Waals surface area contributed by atoms with E-state index in [2.05, 4.69) is 40.8 Å². The van der Waals surface area contributed by atoms with Gasteiger partial charge in [-0.1, -0.05) is 29.8 Å². The van der Waals surface area contributed by atoms with Gasteiger partial charge in [-0.3, -0.25) is 0 Å². The maximum absolute atomic E-state index is 8.86. The highest BCUT2D eigenvalue weighted by Gasteiger charge is 2.04. The minimum atomic E-state index is 0. The van der Waals surface area contributed by atoms with Crippen LogP contribution < -0.4 is 15.4 Å². The van der Waals surface area contributed by atoms with Gasteiger partial charge in [0.25, 0.3) is 0 Å². The Hall–Kier alpha value is -2.27. The minimum absolute atomic E-state index is 0. The van der Waals surface area contributed by atoms with Crippen molar-refractivity contribution in [2.75, 3.05) is 20.2 Å². The largest absolute Gasteiger partial charge is 0.496 e. The number of guanidine groups is 1. The molecule has 0 aromatic heterocycles. The average molecular weight is 478 g/mol. The maximum atomic E-state index is 8.86. The van der Waals surface area contributed by atoms with E-state index in [0.717, 1.165) is 36.8 Å². The zero-order valence-corrected chi connectivity index (χ0v) is 18.4. The van der Waals surface area contributed by atoms with E-state index in [9.17, 15) is 0 Å². The lowest BCUT2D eigenvalue weighted by atomic mass is 10.1. The molecule has 0 aliphatic rings. The Morgan fingerprint density at radius 3 is 2.52 bits per heavy atom. The molecule has 0 amide bonds. The quantitative estimate of drug-likeness (QED) is 0.361. The van der Waals surface area contributed by atoms with E-state index < -0.39 is 0 Å². The Morgan fingerprint density at radius 1 is 1.15 bits per heavy atom. The summed E-state index contributed by atoms with van der Waals surface area (Å²) in [6.45, 7) is 6.25. The summed E-state index contributed by atoms with van der Waals surface area (Å²) in [7, 11) is 1.70. The van der Waals surface area contributed by atoms with Crippen molar-refractivity contribution in [3.8, 4) is 11.8 Å². The van der Waals surface area contributed by atoms with Crippen molar-refractivity contribution in [3.63, 3.8) is 0 Å². The van der Waals surface area contributed by atoms with Crippen molar-refractivity contribution in [2.45, 2.75) is 26.8 Å². The summed E-state index contributed by atoms with van der Waals surface area (Å²) in [5, 5.41) is 15.5. The van der Waals surface area contributed by atoms with Crippen molar-refractivity contribution < 1.29 is 4.74 Å². The van der Waals surface area contributed by atoms with E-state index in [1.54, 1.807) is 7.11 Å². The molecule has 0 fully saturated rings. The Morgan fingerprint density at radius 2 is 1.89 bits per heavy atom. The van der Waals surface area contributed by atoms with Gasteiger partial charge < -0.3 is 15.4 Å². The van der Waals surface area contributed by atoms with Gasteiger partial charge in [0.05, 0.1) is 25.3 Å². The monoisotopic (exact) mass is 478 g/mol. The molecule has 5 nitrogen and oxygen atoms in total. The van der Waals surface area contributed by atoms with Gasteiger partial charge in [0.15, 0.2) is 5.96 Å². The first-order chi connectivity index (χ1) is 12.7. The molecule has 27 heavy (non-hydrogen) atoms. The lowest BCUT2D eigenvalue weighted by Crippen LogP contribution is -2.38. The molecule has 0 radical (unpaired) electrons. The predicted molar refractivity (Wildman–Crippen MR) is 121 cm³/mol. The van der Waals surface area contributed by atoms with Crippen LogP contribution in [0.2, 0.25) is 0 Å². The van der Waals surface area contributed by atoms with Gasteiger partial charge in [-0.2, -0.15) is 5.26 Å². The minimum Gasteiger partial charge on any atom is -0.496 e. The fourth-order valence-corrected chi connectivity index (χ4v) is 2.62. The average Bonchev–Trinajstić information content (AvgIpc) is 2.66. The van der Waals surface area contributed by atoms with Crippen molar-refractivity contribution in [1.29, 1.82) is 5.26 Å². The Bertz CT molecular complexity index is 782. The zero-order valence-electron chi connectivity index (χ0n) is 16.1. The molecule has 0 aliphatic heterocycles. The van der Waals surface area contributed by atoms with Crippen LogP contribution in [-0.4, -0.2) is 26.2 Å². The van der Waals surface area contributed by atoms with Crippen molar-refractivity contribution in [1.82, 2.24) is 10.6 Å². The number of rotatable bonds is 7. The molecule has 2 aromatic rings. The fourth-order valence-electron chi connectivity index (χ4n) is 2.62. The first-order valence-electron chi connectivity index (χ1n) is 8.81. The van der Waals surface area contributed by atoms with Crippen LogP contribution in [0.15, 0.2) is 47.5 Å². The number of benzene rings is 2. The normalized spacial score (nSPS) is 10.5. The number of nitrogens with zero attached hydrogens (tertiary/aromatic N) is 2. The SMILES string of the molecule is CCNC(=NCc1ccc(C#N)cc1)NCCc1cc(C)ccc1OC.I. The fraction of sp³-hybridized carbons (Fsp3) is 0.333. The van der Waals surface area contributed by atoms with Gasteiger partial charge >= 0.3 is 0 Å². The molecule has 0 unspecified atom stereocenters. The summed E-state index contributed by atoms with van der Waals surface area (Å²) in [5.41, 5.74) is 4.14. The highest BCUT2D eigenvalue weighted by atomic mass is 127. The Balaban J connectivity index is 0.00000364. The van der Waals surface area contributed by atoms with Gasteiger partial charge in [-0.25, -0.2) is 4.99 Å². The van der Waals surface area contributed by atoms with Crippen LogP contribution in [0.1, 0.15) is 29.2 Å². The van der Waals surface area contributed by atoms with Crippen LogP contribution in [0.25, 0.3) is 0 Å². The van der Waals surface area contributed by atoms with Gasteiger partial charge in [0, 0.05) is 13.1 Å². The highest BCUT2D eigenvalue weighted by molar-refractivity contribution is 14.0. The summed E-state index contributed by atoms with van der Waals surface area (Å²) in [6, 6.07) is 15.8. The maximum Gasteiger partial charge on any atom is 0.191 e. The number of nitriles is 1. The van der Waals surface area contributed by atoms with E-state index in [0.29, 0.717) is 12.1 Å². The topological polar surface area (TPSA) is 69.4 Å². The van der Waals surface area contributed by atoms with Gasteiger partial charge in [0.2, 0.25) is 0 Å². The first kappa shape index (κ1) is 22.8. The van der Waals surface area contributed by atoms with Gasteiger partial charge in [-0.15, -0.1) is 24.0 Å². The second-order valence-corrected chi connectivity index (χ2v) is 6.00. The smallest absolute Gasteiger partial charge is 0.191 e. The number of hydrogen-bond acceptors (Lipinski definition) is 3. The number of methoxy groups -OCH3 is 1. The summed E-state index contributed by atoms with van der Waals surface area (Å²) in [5.74, 6) is 1.69. The summed E-state index contributed by atoms with van der Waals surface area (Å²) >= 11 is 0.